The van der Waals surface area contributed by atoms with E-state index >= 15 is 0 Å². The molecule has 1 aromatic heterocycles. The highest BCUT2D eigenvalue weighted by Gasteiger charge is 2.41. The van der Waals surface area contributed by atoms with Crippen LogP contribution in [-0.2, 0) is 23.8 Å². The Balaban J connectivity index is 1.97. The molecule has 43 heavy (non-hydrogen) atoms. The van der Waals surface area contributed by atoms with Crippen LogP contribution in [0.4, 0.5) is 15.5 Å². The molecule has 0 aliphatic rings. The van der Waals surface area contributed by atoms with Crippen molar-refractivity contribution in [3.8, 4) is 16.9 Å². The topological polar surface area (TPSA) is 159 Å². The Morgan fingerprint density at radius 3 is 1.77 bits per heavy atom. The third-order valence-electron chi connectivity index (χ3n) is 5.02. The number of carbonyl (C=O) groups is 3. The number of nitrogens with zero attached hydrogens (tertiary/aromatic N) is 2. The Morgan fingerprint density at radius 1 is 0.698 bits per heavy atom. The minimum absolute atomic E-state index is 0.261. The zero-order valence-corrected chi connectivity index (χ0v) is 26.7. The van der Waals surface area contributed by atoms with E-state index in [2.05, 4.69) is 26.1 Å². The summed E-state index contributed by atoms with van der Waals surface area (Å²) in [5, 5.41) is 5.70. The summed E-state index contributed by atoms with van der Waals surface area (Å²) in [7, 11) is 0. The van der Waals surface area contributed by atoms with Gasteiger partial charge >= 0.3 is 18.2 Å². The van der Waals surface area contributed by atoms with Crippen LogP contribution in [0.2, 0.25) is 0 Å². The highest BCUT2D eigenvalue weighted by Crippen LogP contribution is 2.24. The maximum Gasteiger partial charge on any atom is 0.431 e. The number of nitrogens with one attached hydrogen (secondary N) is 3. The molecule has 0 bridgehead atoms. The van der Waals surface area contributed by atoms with E-state index in [0.717, 1.165) is 11.1 Å². The van der Waals surface area contributed by atoms with E-state index in [4.69, 9.17) is 23.8 Å². The van der Waals surface area contributed by atoms with Gasteiger partial charge < -0.3 is 29.6 Å². The molecule has 0 saturated carbocycles. The lowest BCUT2D eigenvalue weighted by molar-refractivity contribution is -0.194. The predicted molar refractivity (Wildman–Crippen MR) is 160 cm³/mol. The minimum Gasteiger partial charge on any atom is -0.490 e. The first-order valence-corrected chi connectivity index (χ1v) is 13.9. The number of hydrogen-bond donors (Lipinski definition) is 3. The van der Waals surface area contributed by atoms with Crippen LogP contribution in [0.25, 0.3) is 11.1 Å². The number of carbonyl (C=O) groups excluding carboxylic acids is 3. The second-order valence-electron chi connectivity index (χ2n) is 12.9. The average molecular weight is 604 g/mol. The number of rotatable bonds is 11. The Hall–Kier alpha value is -4.13. The summed E-state index contributed by atoms with van der Waals surface area (Å²) in [5.41, 5.74) is -0.0144. The van der Waals surface area contributed by atoms with E-state index in [-0.39, 0.29) is 6.61 Å². The summed E-state index contributed by atoms with van der Waals surface area (Å²) < 4.78 is 21.7. The molecule has 0 unspecified atom stereocenters. The van der Waals surface area contributed by atoms with Crippen LogP contribution in [0.3, 0.4) is 0 Å². The van der Waals surface area contributed by atoms with Gasteiger partial charge in [0.25, 0.3) is 0 Å². The van der Waals surface area contributed by atoms with Gasteiger partial charge in [-0.1, -0.05) is 12.1 Å². The first kappa shape index (κ1) is 35.1. The molecule has 2 amide bonds. The molecule has 0 aliphatic carbocycles. The molecule has 0 radical (unpaired) electrons. The Labute approximate surface area is 253 Å². The molecule has 1 heterocycles. The molecular weight excluding hydrogens is 558 g/mol. The molecule has 13 nitrogen and oxygen atoms in total. The summed E-state index contributed by atoms with van der Waals surface area (Å²) in [5.74, 6) is 0.145. The molecule has 13 heteroatoms. The molecule has 0 aliphatic heterocycles. The second-order valence-corrected chi connectivity index (χ2v) is 12.9. The number of amides is 2. The largest absolute Gasteiger partial charge is 0.490 e. The van der Waals surface area contributed by atoms with Gasteiger partial charge in [-0.3, -0.25) is 0 Å². The molecule has 3 N–H and O–H groups in total. The van der Waals surface area contributed by atoms with Crippen molar-refractivity contribution in [2.45, 2.75) is 91.6 Å². The van der Waals surface area contributed by atoms with Crippen molar-refractivity contribution in [2.24, 2.45) is 0 Å². The number of anilines is 1. The van der Waals surface area contributed by atoms with Crippen molar-refractivity contribution >= 4 is 24.1 Å². The molecule has 0 saturated heterocycles. The van der Waals surface area contributed by atoms with Gasteiger partial charge in [-0.05, 0) is 86.9 Å². The fourth-order valence-electron chi connectivity index (χ4n) is 3.16. The maximum absolute atomic E-state index is 13.0. The highest BCUT2D eigenvalue weighted by atomic mass is 16.7. The number of aromatic nitrogens is 2. The third kappa shape index (κ3) is 13.6. The molecule has 1 aromatic carbocycles. The Morgan fingerprint density at radius 2 is 1.23 bits per heavy atom. The fraction of sp³-hybridized carbons (Fsp3) is 0.567. The van der Waals surface area contributed by atoms with E-state index < -0.39 is 40.6 Å². The van der Waals surface area contributed by atoms with Gasteiger partial charge in [0, 0.05) is 31.0 Å². The van der Waals surface area contributed by atoms with Crippen molar-refractivity contribution in [1.82, 2.24) is 20.8 Å². The van der Waals surface area contributed by atoms with Crippen LogP contribution in [0, 0.1) is 0 Å². The SMILES string of the molecule is CC(C)(C)OC(=O)NCCNc1ncc(-c2ccc(OC[C@](C)(ONC(=O)OC(C)(C)C)C(=O)OC(C)(C)C)cc2)cn1. The van der Waals surface area contributed by atoms with Crippen molar-refractivity contribution in [3.63, 3.8) is 0 Å². The van der Waals surface area contributed by atoms with E-state index in [1.165, 1.54) is 6.92 Å². The molecule has 2 aromatic rings. The van der Waals surface area contributed by atoms with Gasteiger partial charge in [0.1, 0.15) is 29.2 Å². The van der Waals surface area contributed by atoms with Crippen LogP contribution in [0.15, 0.2) is 36.7 Å². The number of hydrogen-bond acceptors (Lipinski definition) is 11. The first-order chi connectivity index (χ1) is 19.7. The Kier molecular flexibility index (Phi) is 11.7. The summed E-state index contributed by atoms with van der Waals surface area (Å²) in [4.78, 5) is 50.9. The standard InChI is InChI=1S/C30H45N5O8/c1-27(2,3)40-23(36)30(10,43-35-26(38)42-29(7,8)9)19-39-22-13-11-20(12-14-22)21-17-33-24(34-18-21)31-15-16-32-25(37)41-28(4,5)6/h11-14,17-18H,15-16,19H2,1-10H3,(H,32,37)(H,35,38)(H,31,33,34)/t30-/m0/s1. The zero-order valence-electron chi connectivity index (χ0n) is 26.7. The molecule has 0 spiro atoms. The van der Waals surface area contributed by atoms with Crippen LogP contribution in [-0.4, -0.2) is 70.2 Å². The van der Waals surface area contributed by atoms with Crippen molar-refractivity contribution < 1.29 is 38.2 Å². The number of ether oxygens (including phenoxy) is 4. The fourth-order valence-corrected chi connectivity index (χ4v) is 3.16. The number of benzene rings is 1. The summed E-state index contributed by atoms with van der Waals surface area (Å²) in [6, 6.07) is 7.08. The lowest BCUT2D eigenvalue weighted by atomic mass is 10.1. The zero-order chi connectivity index (χ0) is 32.5. The lowest BCUT2D eigenvalue weighted by Gasteiger charge is -2.31. The van der Waals surface area contributed by atoms with Crippen LogP contribution < -0.4 is 20.9 Å². The van der Waals surface area contributed by atoms with Crippen molar-refractivity contribution in [1.29, 1.82) is 0 Å². The van der Waals surface area contributed by atoms with Gasteiger partial charge in [0.2, 0.25) is 11.5 Å². The van der Waals surface area contributed by atoms with Gasteiger partial charge in [-0.25, -0.2) is 29.2 Å². The normalized spacial score (nSPS) is 13.3. The quantitative estimate of drug-likeness (QED) is 0.137. The molecular formula is C30H45N5O8. The van der Waals surface area contributed by atoms with E-state index in [1.54, 1.807) is 86.8 Å². The van der Waals surface area contributed by atoms with Gasteiger partial charge in [-0.15, -0.1) is 0 Å². The number of alkyl carbamates (subject to hydrolysis) is 1. The van der Waals surface area contributed by atoms with Crippen LogP contribution in [0.5, 0.6) is 5.75 Å². The molecule has 238 valence electrons. The van der Waals surface area contributed by atoms with E-state index in [9.17, 15) is 14.4 Å². The summed E-state index contributed by atoms with van der Waals surface area (Å²) in [6.07, 6.45) is 2.00. The maximum atomic E-state index is 13.0. The molecule has 1 atom stereocenters. The number of hydroxylamine groups is 1. The smallest absolute Gasteiger partial charge is 0.431 e. The van der Waals surface area contributed by atoms with E-state index in [0.29, 0.717) is 24.8 Å². The van der Waals surface area contributed by atoms with Crippen molar-refractivity contribution in [2.75, 3.05) is 25.0 Å². The van der Waals surface area contributed by atoms with Gasteiger partial charge in [0.15, 0.2) is 0 Å². The summed E-state index contributed by atoms with van der Waals surface area (Å²) >= 11 is 0. The number of esters is 1. The predicted octanol–water partition coefficient (Wildman–Crippen LogP) is 5.02. The lowest BCUT2D eigenvalue weighted by Crippen LogP contribution is -2.52. The van der Waals surface area contributed by atoms with Gasteiger partial charge in [-0.2, -0.15) is 5.48 Å². The third-order valence-corrected chi connectivity index (χ3v) is 5.02. The molecule has 2 rings (SSSR count). The highest BCUT2D eigenvalue weighted by molar-refractivity contribution is 5.80. The van der Waals surface area contributed by atoms with Crippen LogP contribution in [0.1, 0.15) is 69.2 Å². The van der Waals surface area contributed by atoms with Crippen LogP contribution >= 0.6 is 0 Å². The van der Waals surface area contributed by atoms with Crippen molar-refractivity contribution in [3.05, 3.63) is 36.7 Å². The Bertz CT molecular complexity index is 1220. The molecule has 0 fully saturated rings. The first-order valence-electron chi connectivity index (χ1n) is 13.9. The monoisotopic (exact) mass is 603 g/mol. The van der Waals surface area contributed by atoms with Gasteiger partial charge in [0.05, 0.1) is 0 Å². The summed E-state index contributed by atoms with van der Waals surface area (Å²) in [6.45, 7) is 17.6. The minimum atomic E-state index is -1.68. The second kappa shape index (κ2) is 14.4. The van der Waals surface area contributed by atoms with E-state index in [1.807, 2.05) is 12.1 Å². The average Bonchev–Trinajstić information content (AvgIpc) is 2.86.